The molecule has 0 saturated heterocycles. The average molecular weight is 306 g/mol. The summed E-state index contributed by atoms with van der Waals surface area (Å²) in [6.45, 7) is 2.13. The molecule has 0 spiro atoms. The molecule has 0 N–H and O–H groups in total. The smallest absolute Gasteiger partial charge is 0.0384 e. The first kappa shape index (κ1) is 8.73. The van der Waals surface area contributed by atoms with Crippen LogP contribution in [-0.4, -0.2) is 0 Å². The second-order valence-corrected chi connectivity index (χ2v) is 5.33. The normalized spacial score (nSPS) is 10.9. The van der Waals surface area contributed by atoms with Gasteiger partial charge in [-0.05, 0) is 40.5 Å². The topological polar surface area (TPSA) is 0 Å². The van der Waals surface area contributed by atoms with Crippen LogP contribution >= 0.6 is 43.2 Å². The van der Waals surface area contributed by atoms with Crippen molar-refractivity contribution in [1.82, 2.24) is 0 Å². The van der Waals surface area contributed by atoms with Gasteiger partial charge in [0.2, 0.25) is 0 Å². The van der Waals surface area contributed by atoms with E-state index in [2.05, 4.69) is 56.3 Å². The highest BCUT2D eigenvalue weighted by Crippen LogP contribution is 2.34. The summed E-state index contributed by atoms with van der Waals surface area (Å²) in [5.74, 6) is 0. The van der Waals surface area contributed by atoms with Crippen LogP contribution < -0.4 is 0 Å². The minimum Gasteiger partial charge on any atom is -0.142 e. The van der Waals surface area contributed by atoms with Gasteiger partial charge >= 0.3 is 0 Å². The Kier molecular flexibility index (Phi) is 2.27. The van der Waals surface area contributed by atoms with E-state index in [0.29, 0.717) is 0 Å². The summed E-state index contributed by atoms with van der Waals surface area (Å²) in [4.78, 5) is 0. The Bertz CT molecular complexity index is 431. The Hall–Kier alpha value is 0.140. The molecule has 0 radical (unpaired) electrons. The van der Waals surface area contributed by atoms with Gasteiger partial charge in [0.05, 0.1) is 0 Å². The first-order valence-corrected chi connectivity index (χ1v) is 5.98. The maximum absolute atomic E-state index is 3.52. The third-order valence-electron chi connectivity index (χ3n) is 1.78. The van der Waals surface area contributed by atoms with Gasteiger partial charge in [-0.1, -0.05) is 15.9 Å². The molecule has 0 aliphatic heterocycles. The van der Waals surface area contributed by atoms with Crippen LogP contribution in [0, 0.1) is 6.92 Å². The van der Waals surface area contributed by atoms with Crippen LogP contribution in [0.15, 0.2) is 26.5 Å². The van der Waals surface area contributed by atoms with Gasteiger partial charge in [-0.2, -0.15) is 0 Å². The molecule has 0 bridgehead atoms. The number of hydrogen-bond donors (Lipinski definition) is 0. The lowest BCUT2D eigenvalue weighted by Gasteiger charge is -1.97. The molecule has 0 fully saturated rings. The third-order valence-corrected chi connectivity index (χ3v) is 4.33. The molecule has 1 aromatic carbocycles. The molecule has 62 valence electrons. The number of thiophene rings is 1. The molecule has 0 aliphatic rings. The molecule has 12 heavy (non-hydrogen) atoms. The van der Waals surface area contributed by atoms with Crippen molar-refractivity contribution in [2.24, 2.45) is 0 Å². The maximum Gasteiger partial charge on any atom is 0.0384 e. The SMILES string of the molecule is Cc1cc(Br)cc2c(Br)csc12. The Morgan fingerprint density at radius 2 is 2.00 bits per heavy atom. The van der Waals surface area contributed by atoms with E-state index in [1.807, 2.05) is 0 Å². The van der Waals surface area contributed by atoms with E-state index in [1.165, 1.54) is 20.1 Å². The van der Waals surface area contributed by atoms with Crippen LogP contribution in [0.25, 0.3) is 10.1 Å². The summed E-state index contributed by atoms with van der Waals surface area (Å²) >= 11 is 8.79. The quantitative estimate of drug-likeness (QED) is 0.660. The predicted octanol–water partition coefficient (Wildman–Crippen LogP) is 4.73. The lowest BCUT2D eigenvalue weighted by Crippen LogP contribution is -1.72. The molecule has 1 heterocycles. The van der Waals surface area contributed by atoms with Crippen molar-refractivity contribution in [3.63, 3.8) is 0 Å². The van der Waals surface area contributed by atoms with Gasteiger partial charge in [0, 0.05) is 24.4 Å². The van der Waals surface area contributed by atoms with Crippen molar-refractivity contribution in [3.8, 4) is 0 Å². The third kappa shape index (κ3) is 1.34. The van der Waals surface area contributed by atoms with E-state index in [0.717, 1.165) is 4.47 Å². The lowest BCUT2D eigenvalue weighted by atomic mass is 10.2. The zero-order valence-electron chi connectivity index (χ0n) is 6.40. The molecule has 2 rings (SSSR count). The Morgan fingerprint density at radius 3 is 2.75 bits per heavy atom. The van der Waals surface area contributed by atoms with E-state index in [1.54, 1.807) is 11.3 Å². The standard InChI is InChI=1S/C9H6Br2S/c1-5-2-6(10)3-7-8(11)4-12-9(5)7/h2-4H,1H3. The van der Waals surface area contributed by atoms with Crippen LogP contribution in [0.1, 0.15) is 5.56 Å². The van der Waals surface area contributed by atoms with Gasteiger partial charge < -0.3 is 0 Å². The summed E-state index contributed by atoms with van der Waals surface area (Å²) < 4.78 is 3.70. The van der Waals surface area contributed by atoms with Crippen LogP contribution in [0.4, 0.5) is 0 Å². The largest absolute Gasteiger partial charge is 0.142 e. The molecule has 0 atom stereocenters. The van der Waals surface area contributed by atoms with Gasteiger partial charge in [0.15, 0.2) is 0 Å². The van der Waals surface area contributed by atoms with E-state index in [9.17, 15) is 0 Å². The molecular weight excluding hydrogens is 300 g/mol. The van der Waals surface area contributed by atoms with Crippen molar-refractivity contribution >= 4 is 53.3 Å². The molecule has 2 aromatic rings. The fourth-order valence-electron chi connectivity index (χ4n) is 1.24. The molecule has 0 nitrogen and oxygen atoms in total. The molecule has 0 aliphatic carbocycles. The fraction of sp³-hybridized carbons (Fsp3) is 0.111. The second kappa shape index (κ2) is 3.13. The zero-order valence-corrected chi connectivity index (χ0v) is 10.4. The van der Waals surface area contributed by atoms with Crippen molar-refractivity contribution < 1.29 is 0 Å². The summed E-state index contributed by atoms with van der Waals surface area (Å²) in [5, 5.41) is 3.43. The number of fused-ring (bicyclic) bond motifs is 1. The minimum atomic E-state index is 1.14. The van der Waals surface area contributed by atoms with Crippen LogP contribution in [0.5, 0.6) is 0 Å². The molecular formula is C9H6Br2S. The summed E-state index contributed by atoms with van der Waals surface area (Å²) in [6.07, 6.45) is 0. The summed E-state index contributed by atoms with van der Waals surface area (Å²) in [5.41, 5.74) is 1.33. The van der Waals surface area contributed by atoms with E-state index in [4.69, 9.17) is 0 Å². The monoisotopic (exact) mass is 304 g/mol. The molecule has 3 heteroatoms. The Morgan fingerprint density at radius 1 is 1.25 bits per heavy atom. The fourth-order valence-corrected chi connectivity index (χ4v) is 3.42. The second-order valence-electron chi connectivity index (χ2n) is 2.68. The Labute approximate surface area is 91.9 Å². The van der Waals surface area contributed by atoms with Crippen molar-refractivity contribution in [1.29, 1.82) is 0 Å². The van der Waals surface area contributed by atoms with Gasteiger partial charge in [-0.15, -0.1) is 11.3 Å². The van der Waals surface area contributed by atoms with E-state index >= 15 is 0 Å². The maximum atomic E-state index is 3.52. The van der Waals surface area contributed by atoms with E-state index in [-0.39, 0.29) is 0 Å². The van der Waals surface area contributed by atoms with Crippen molar-refractivity contribution in [2.75, 3.05) is 0 Å². The first-order chi connectivity index (χ1) is 5.68. The summed E-state index contributed by atoms with van der Waals surface area (Å²) in [7, 11) is 0. The first-order valence-electron chi connectivity index (χ1n) is 3.51. The summed E-state index contributed by atoms with van der Waals surface area (Å²) in [6, 6.07) is 4.29. The van der Waals surface area contributed by atoms with Crippen molar-refractivity contribution in [2.45, 2.75) is 6.92 Å². The van der Waals surface area contributed by atoms with Crippen LogP contribution in [0.3, 0.4) is 0 Å². The van der Waals surface area contributed by atoms with Gasteiger partial charge in [0.25, 0.3) is 0 Å². The highest BCUT2D eigenvalue weighted by Gasteiger charge is 2.04. The van der Waals surface area contributed by atoms with E-state index < -0.39 is 0 Å². The van der Waals surface area contributed by atoms with Crippen LogP contribution in [0.2, 0.25) is 0 Å². The number of rotatable bonds is 0. The Balaban J connectivity index is 2.92. The van der Waals surface area contributed by atoms with Gasteiger partial charge in [-0.25, -0.2) is 0 Å². The number of hydrogen-bond acceptors (Lipinski definition) is 1. The highest BCUT2D eigenvalue weighted by molar-refractivity contribution is 9.11. The lowest BCUT2D eigenvalue weighted by molar-refractivity contribution is 1.53. The molecule has 0 unspecified atom stereocenters. The van der Waals surface area contributed by atoms with Gasteiger partial charge in [-0.3, -0.25) is 0 Å². The predicted molar refractivity (Wildman–Crippen MR) is 62.0 cm³/mol. The van der Waals surface area contributed by atoms with Gasteiger partial charge in [0.1, 0.15) is 0 Å². The average Bonchev–Trinajstić information content (AvgIpc) is 2.33. The van der Waals surface area contributed by atoms with Crippen molar-refractivity contribution in [3.05, 3.63) is 32.0 Å². The highest BCUT2D eigenvalue weighted by atomic mass is 79.9. The molecule has 1 aromatic heterocycles. The zero-order chi connectivity index (χ0) is 8.72. The number of benzene rings is 1. The van der Waals surface area contributed by atoms with Crippen LogP contribution in [-0.2, 0) is 0 Å². The number of aryl methyl sites for hydroxylation is 1. The number of halogens is 2. The minimum absolute atomic E-state index is 1.14. The molecule has 0 saturated carbocycles. The molecule has 0 amide bonds.